The van der Waals surface area contributed by atoms with Gasteiger partial charge < -0.3 is 0 Å². The quantitative estimate of drug-likeness (QED) is 0.555. The summed E-state index contributed by atoms with van der Waals surface area (Å²) in [5.41, 5.74) is 0.810. The maximum atomic E-state index is 7.28. The maximum Gasteiger partial charge on any atom is 0.153 e. The third-order valence-electron chi connectivity index (χ3n) is 1.20. The zero-order valence-corrected chi connectivity index (χ0v) is 6.31. The van der Waals surface area contributed by atoms with Gasteiger partial charge in [0.1, 0.15) is 5.17 Å². The van der Waals surface area contributed by atoms with Crippen LogP contribution in [0.1, 0.15) is 6.92 Å². The molecule has 0 amide bonds. The summed E-state index contributed by atoms with van der Waals surface area (Å²) in [6.07, 6.45) is 5.28. The first-order valence-corrected chi connectivity index (χ1v) is 3.29. The molecule has 1 N–H and O–H groups in total. The molecule has 0 atom stereocenters. The van der Waals surface area contributed by atoms with E-state index in [0.29, 0.717) is 5.17 Å². The molecular formula is C7H7ClN2. The van der Waals surface area contributed by atoms with E-state index in [2.05, 4.69) is 4.99 Å². The predicted octanol–water partition coefficient (Wildman–Crippen LogP) is 2.12. The second-order valence-corrected chi connectivity index (χ2v) is 2.25. The van der Waals surface area contributed by atoms with E-state index in [9.17, 15) is 0 Å². The number of halogens is 1. The fraction of sp³-hybridized carbons (Fsp3) is 0.143. The van der Waals surface area contributed by atoms with Gasteiger partial charge in [-0.25, -0.2) is 4.99 Å². The first-order chi connectivity index (χ1) is 4.74. The number of amidine groups is 1. The van der Waals surface area contributed by atoms with Crippen LogP contribution in [0.3, 0.4) is 0 Å². The summed E-state index contributed by atoms with van der Waals surface area (Å²) in [7, 11) is 0. The van der Waals surface area contributed by atoms with Gasteiger partial charge in [-0.05, 0) is 19.1 Å². The zero-order chi connectivity index (χ0) is 7.56. The molecule has 1 aliphatic rings. The van der Waals surface area contributed by atoms with Gasteiger partial charge in [-0.3, -0.25) is 5.41 Å². The lowest BCUT2D eigenvalue weighted by Gasteiger charge is -2.02. The normalized spacial score (nSPS) is 21.6. The molecule has 1 heterocycles. The SMILES string of the molecule is C/C=C1/C=CC(Cl)=NC1=N. The van der Waals surface area contributed by atoms with Gasteiger partial charge >= 0.3 is 0 Å². The molecule has 0 aromatic carbocycles. The molecule has 0 aromatic heterocycles. The third-order valence-corrected chi connectivity index (χ3v) is 1.41. The van der Waals surface area contributed by atoms with Crippen LogP contribution in [0.5, 0.6) is 0 Å². The Labute approximate surface area is 64.4 Å². The van der Waals surface area contributed by atoms with E-state index in [1.807, 2.05) is 13.0 Å². The molecule has 0 aromatic rings. The van der Waals surface area contributed by atoms with E-state index in [-0.39, 0.29) is 5.84 Å². The fourth-order valence-electron chi connectivity index (χ4n) is 0.679. The van der Waals surface area contributed by atoms with Crippen LogP contribution in [-0.2, 0) is 0 Å². The number of nitrogens with zero attached hydrogens (tertiary/aromatic N) is 1. The molecule has 1 rings (SSSR count). The Morgan fingerprint density at radius 2 is 2.30 bits per heavy atom. The maximum absolute atomic E-state index is 7.28. The smallest absolute Gasteiger partial charge is 0.153 e. The van der Waals surface area contributed by atoms with Crippen molar-refractivity contribution in [3.63, 3.8) is 0 Å². The molecule has 0 aliphatic carbocycles. The predicted molar refractivity (Wildman–Crippen MR) is 43.9 cm³/mol. The molecular weight excluding hydrogens is 148 g/mol. The van der Waals surface area contributed by atoms with E-state index in [4.69, 9.17) is 17.0 Å². The van der Waals surface area contributed by atoms with Crippen LogP contribution >= 0.6 is 11.6 Å². The molecule has 0 bridgehead atoms. The monoisotopic (exact) mass is 154 g/mol. The fourth-order valence-corrected chi connectivity index (χ4v) is 0.827. The Morgan fingerprint density at radius 3 is 2.80 bits per heavy atom. The van der Waals surface area contributed by atoms with Crippen molar-refractivity contribution in [3.05, 3.63) is 23.8 Å². The van der Waals surface area contributed by atoms with Gasteiger partial charge in [0, 0.05) is 5.57 Å². The highest BCUT2D eigenvalue weighted by atomic mass is 35.5. The van der Waals surface area contributed by atoms with Crippen molar-refractivity contribution in [1.82, 2.24) is 0 Å². The number of hydrogen-bond acceptors (Lipinski definition) is 1. The molecule has 0 unspecified atom stereocenters. The van der Waals surface area contributed by atoms with Gasteiger partial charge in [-0.1, -0.05) is 17.7 Å². The topological polar surface area (TPSA) is 36.2 Å². The highest BCUT2D eigenvalue weighted by Crippen LogP contribution is 2.08. The number of aliphatic imine (C=N–C) groups is 1. The van der Waals surface area contributed by atoms with Crippen molar-refractivity contribution < 1.29 is 0 Å². The van der Waals surface area contributed by atoms with E-state index < -0.39 is 0 Å². The molecule has 1 aliphatic heterocycles. The van der Waals surface area contributed by atoms with Crippen molar-refractivity contribution >= 4 is 22.6 Å². The van der Waals surface area contributed by atoms with Crippen LogP contribution < -0.4 is 0 Å². The van der Waals surface area contributed by atoms with Gasteiger partial charge in [-0.15, -0.1) is 0 Å². The highest BCUT2D eigenvalue weighted by molar-refractivity contribution is 6.69. The molecule has 0 spiro atoms. The molecule has 10 heavy (non-hydrogen) atoms. The average molecular weight is 155 g/mol. The van der Waals surface area contributed by atoms with Crippen molar-refractivity contribution in [2.45, 2.75) is 6.92 Å². The summed E-state index contributed by atoms with van der Waals surface area (Å²) < 4.78 is 0. The number of dihydropyridines is 1. The number of rotatable bonds is 0. The lowest BCUT2D eigenvalue weighted by atomic mass is 10.2. The van der Waals surface area contributed by atoms with Gasteiger partial charge in [0.25, 0.3) is 0 Å². The van der Waals surface area contributed by atoms with E-state index >= 15 is 0 Å². The van der Waals surface area contributed by atoms with Crippen molar-refractivity contribution in [3.8, 4) is 0 Å². The van der Waals surface area contributed by atoms with Gasteiger partial charge in [0.2, 0.25) is 0 Å². The Morgan fingerprint density at radius 1 is 1.60 bits per heavy atom. The lowest BCUT2D eigenvalue weighted by molar-refractivity contribution is 1.41. The third kappa shape index (κ3) is 1.33. The Kier molecular flexibility index (Phi) is 2.02. The second kappa shape index (κ2) is 2.80. The minimum atomic E-state index is 0.231. The first kappa shape index (κ1) is 7.22. The molecule has 2 nitrogen and oxygen atoms in total. The van der Waals surface area contributed by atoms with Crippen molar-refractivity contribution in [1.29, 1.82) is 5.41 Å². The largest absolute Gasteiger partial charge is 0.282 e. The van der Waals surface area contributed by atoms with E-state index in [0.717, 1.165) is 5.57 Å². The van der Waals surface area contributed by atoms with Crippen LogP contribution in [0, 0.1) is 5.41 Å². The molecule has 0 saturated heterocycles. The van der Waals surface area contributed by atoms with Gasteiger partial charge in [0.15, 0.2) is 5.84 Å². The van der Waals surface area contributed by atoms with E-state index in [1.165, 1.54) is 0 Å². The molecule has 0 saturated carbocycles. The molecule has 3 heteroatoms. The number of nitrogens with one attached hydrogen (secondary N) is 1. The average Bonchev–Trinajstić information content (AvgIpc) is 1.88. The summed E-state index contributed by atoms with van der Waals surface area (Å²) in [4.78, 5) is 3.75. The summed E-state index contributed by atoms with van der Waals surface area (Å²) in [5.74, 6) is 0.231. The molecule has 0 radical (unpaired) electrons. The summed E-state index contributed by atoms with van der Waals surface area (Å²) in [6.45, 7) is 1.86. The second-order valence-electron chi connectivity index (χ2n) is 1.86. The van der Waals surface area contributed by atoms with Gasteiger partial charge in [0.05, 0.1) is 0 Å². The standard InChI is InChI=1S/C7H7ClN2/c1-2-5-3-4-6(8)10-7(5)9/h2-4,9H,1H3/b5-2-,9-7?. The summed E-state index contributed by atoms with van der Waals surface area (Å²) in [5, 5.41) is 7.66. The Bertz CT molecular complexity index is 248. The molecule has 52 valence electrons. The Hall–Kier alpha value is -0.890. The van der Waals surface area contributed by atoms with Crippen LogP contribution in [0.15, 0.2) is 28.8 Å². The minimum Gasteiger partial charge on any atom is -0.282 e. The number of hydrogen-bond donors (Lipinski definition) is 1. The lowest BCUT2D eigenvalue weighted by Crippen LogP contribution is -2.02. The highest BCUT2D eigenvalue weighted by Gasteiger charge is 2.04. The first-order valence-electron chi connectivity index (χ1n) is 2.91. The minimum absolute atomic E-state index is 0.231. The van der Waals surface area contributed by atoms with Crippen LogP contribution in [0.25, 0.3) is 0 Å². The summed E-state index contributed by atoms with van der Waals surface area (Å²) >= 11 is 5.53. The van der Waals surface area contributed by atoms with Crippen molar-refractivity contribution in [2.24, 2.45) is 4.99 Å². The van der Waals surface area contributed by atoms with Crippen molar-refractivity contribution in [2.75, 3.05) is 0 Å². The van der Waals surface area contributed by atoms with Crippen LogP contribution in [0.2, 0.25) is 0 Å². The van der Waals surface area contributed by atoms with E-state index in [1.54, 1.807) is 12.2 Å². The zero-order valence-electron chi connectivity index (χ0n) is 5.56. The number of allylic oxidation sites excluding steroid dienone is 2. The Balaban J connectivity index is 2.95. The van der Waals surface area contributed by atoms with Gasteiger partial charge in [-0.2, -0.15) is 0 Å². The van der Waals surface area contributed by atoms with Crippen LogP contribution in [-0.4, -0.2) is 11.0 Å². The molecule has 0 fully saturated rings. The van der Waals surface area contributed by atoms with Crippen LogP contribution in [0.4, 0.5) is 0 Å². The summed E-state index contributed by atoms with van der Waals surface area (Å²) in [6, 6.07) is 0.